The Balaban J connectivity index is 2.41. The van der Waals surface area contributed by atoms with E-state index in [1.807, 2.05) is 0 Å². The lowest BCUT2D eigenvalue weighted by molar-refractivity contribution is 0.417. The summed E-state index contributed by atoms with van der Waals surface area (Å²) in [5, 5.41) is 0.492. The Hall–Kier alpha value is -1.73. The predicted octanol–water partition coefficient (Wildman–Crippen LogP) is 2.49. The second-order valence-electron chi connectivity index (χ2n) is 4.24. The zero-order chi connectivity index (χ0) is 14.9. The van der Waals surface area contributed by atoms with Gasteiger partial charge in [0.2, 0.25) is 0 Å². The summed E-state index contributed by atoms with van der Waals surface area (Å²) in [6.07, 6.45) is 1.26. The lowest BCUT2D eigenvalue weighted by atomic mass is 10.2. The molecule has 0 bridgehead atoms. The maximum atomic E-state index is 12.2. The summed E-state index contributed by atoms with van der Waals surface area (Å²) in [6, 6.07) is 3.18. The maximum Gasteiger partial charge on any atom is 0.279 e. The van der Waals surface area contributed by atoms with E-state index in [0.717, 1.165) is 5.56 Å². The summed E-state index contributed by atoms with van der Waals surface area (Å²) in [6.45, 7) is 3.45. The monoisotopic (exact) mass is 315 g/mol. The van der Waals surface area contributed by atoms with Crippen molar-refractivity contribution in [3.63, 3.8) is 0 Å². The number of benzene rings is 1. The van der Waals surface area contributed by atoms with Crippen molar-refractivity contribution >= 4 is 27.3 Å². The van der Waals surface area contributed by atoms with Crippen molar-refractivity contribution in [2.45, 2.75) is 18.9 Å². The molecular weight excluding hydrogens is 302 g/mol. The maximum absolute atomic E-state index is 12.2. The number of anilines is 1. The molecule has 1 aromatic carbocycles. The number of aryl methyl sites for hydroxylation is 2. The van der Waals surface area contributed by atoms with Crippen LogP contribution >= 0.6 is 11.6 Å². The van der Waals surface area contributed by atoms with E-state index in [4.69, 9.17) is 16.3 Å². The lowest BCUT2D eigenvalue weighted by Gasteiger charge is -2.12. The number of nitrogens with one attached hydrogen (secondary N) is 2. The fraction of sp³-hybridized carbons (Fsp3) is 0.250. The van der Waals surface area contributed by atoms with Gasteiger partial charge in [0, 0.05) is 11.1 Å². The average Bonchev–Trinajstić information content (AvgIpc) is 2.81. The van der Waals surface area contributed by atoms with Crippen molar-refractivity contribution in [1.82, 2.24) is 9.97 Å². The molecule has 1 heterocycles. The van der Waals surface area contributed by atoms with Crippen LogP contribution in [0.3, 0.4) is 0 Å². The van der Waals surface area contributed by atoms with E-state index < -0.39 is 10.0 Å². The number of aromatic nitrogens is 2. The summed E-state index contributed by atoms with van der Waals surface area (Å²) in [5.74, 6) is 0.866. The molecule has 0 aliphatic carbocycles. The van der Waals surface area contributed by atoms with E-state index in [1.54, 1.807) is 26.0 Å². The topological polar surface area (TPSA) is 84.1 Å². The molecule has 0 aliphatic heterocycles. The molecule has 0 aliphatic rings. The van der Waals surface area contributed by atoms with Crippen LogP contribution in [0.25, 0.3) is 0 Å². The third kappa shape index (κ3) is 2.88. The van der Waals surface area contributed by atoms with Crippen LogP contribution in [0.15, 0.2) is 23.4 Å². The highest BCUT2D eigenvalue weighted by Crippen LogP contribution is 2.32. The molecule has 6 nitrogen and oxygen atoms in total. The second-order valence-corrected chi connectivity index (χ2v) is 6.30. The van der Waals surface area contributed by atoms with Crippen molar-refractivity contribution in [2.24, 2.45) is 0 Å². The minimum absolute atomic E-state index is 0.00958. The number of hydrogen-bond donors (Lipinski definition) is 2. The van der Waals surface area contributed by atoms with Gasteiger partial charge in [-0.2, -0.15) is 8.42 Å². The van der Waals surface area contributed by atoms with Gasteiger partial charge in [-0.3, -0.25) is 4.72 Å². The zero-order valence-electron chi connectivity index (χ0n) is 11.2. The summed E-state index contributed by atoms with van der Waals surface area (Å²) < 4.78 is 32.0. The number of ether oxygens (including phenoxy) is 1. The first-order valence-corrected chi connectivity index (χ1v) is 7.58. The highest BCUT2D eigenvalue weighted by atomic mass is 35.5. The highest BCUT2D eigenvalue weighted by Gasteiger charge is 2.19. The molecule has 0 fully saturated rings. The van der Waals surface area contributed by atoms with Gasteiger partial charge >= 0.3 is 0 Å². The Morgan fingerprint density at radius 3 is 2.60 bits per heavy atom. The van der Waals surface area contributed by atoms with E-state index in [0.29, 0.717) is 22.3 Å². The van der Waals surface area contributed by atoms with Gasteiger partial charge in [0.15, 0.2) is 5.03 Å². The zero-order valence-corrected chi connectivity index (χ0v) is 12.8. The standard InChI is InChI=1S/C12H14ClN3O3S/c1-7-4-10(11(19-3)5-9(7)13)16-20(17,18)12-6-14-8(2)15-12/h4-6,16H,1-3H3,(H,14,15). The summed E-state index contributed by atoms with van der Waals surface area (Å²) in [5.41, 5.74) is 1.06. The molecule has 0 amide bonds. The van der Waals surface area contributed by atoms with Gasteiger partial charge in [0.1, 0.15) is 11.6 Å². The summed E-state index contributed by atoms with van der Waals surface area (Å²) >= 11 is 5.98. The number of sulfonamides is 1. The molecule has 2 aromatic rings. The van der Waals surface area contributed by atoms with Crippen molar-refractivity contribution in [1.29, 1.82) is 0 Å². The van der Waals surface area contributed by atoms with Crippen LogP contribution in [-0.2, 0) is 10.0 Å². The second kappa shape index (κ2) is 5.34. The molecule has 0 atom stereocenters. The predicted molar refractivity (Wildman–Crippen MR) is 76.9 cm³/mol. The Morgan fingerprint density at radius 2 is 2.05 bits per heavy atom. The number of rotatable bonds is 4. The van der Waals surface area contributed by atoms with Gasteiger partial charge < -0.3 is 9.72 Å². The van der Waals surface area contributed by atoms with Crippen LogP contribution in [0.4, 0.5) is 5.69 Å². The van der Waals surface area contributed by atoms with Crippen LogP contribution in [0.1, 0.15) is 11.4 Å². The van der Waals surface area contributed by atoms with Crippen LogP contribution in [-0.4, -0.2) is 25.5 Å². The number of nitrogens with zero attached hydrogens (tertiary/aromatic N) is 1. The van der Waals surface area contributed by atoms with E-state index in [1.165, 1.54) is 13.3 Å². The van der Waals surface area contributed by atoms with E-state index >= 15 is 0 Å². The van der Waals surface area contributed by atoms with E-state index in [9.17, 15) is 8.42 Å². The summed E-state index contributed by atoms with van der Waals surface area (Å²) in [4.78, 5) is 6.54. The molecule has 0 saturated heterocycles. The molecule has 0 spiro atoms. The van der Waals surface area contributed by atoms with E-state index in [-0.39, 0.29) is 5.03 Å². The Morgan fingerprint density at radius 1 is 1.35 bits per heavy atom. The van der Waals surface area contributed by atoms with Crippen molar-refractivity contribution in [2.75, 3.05) is 11.8 Å². The van der Waals surface area contributed by atoms with Crippen molar-refractivity contribution in [3.05, 3.63) is 34.7 Å². The quantitative estimate of drug-likeness (QED) is 0.908. The largest absolute Gasteiger partial charge is 0.495 e. The third-order valence-electron chi connectivity index (χ3n) is 2.69. The molecule has 0 unspecified atom stereocenters. The molecular formula is C12H14ClN3O3S. The van der Waals surface area contributed by atoms with Gasteiger partial charge in [0.05, 0.1) is 19.0 Å². The third-order valence-corrected chi connectivity index (χ3v) is 4.38. The van der Waals surface area contributed by atoms with Gasteiger partial charge in [-0.05, 0) is 25.5 Å². The van der Waals surface area contributed by atoms with Crippen molar-refractivity contribution in [3.8, 4) is 5.75 Å². The first-order valence-electron chi connectivity index (χ1n) is 5.72. The SMILES string of the molecule is COc1cc(Cl)c(C)cc1NS(=O)(=O)c1cnc(C)[nH]1. The lowest BCUT2D eigenvalue weighted by Crippen LogP contribution is -2.14. The smallest absolute Gasteiger partial charge is 0.279 e. The van der Waals surface area contributed by atoms with Crippen molar-refractivity contribution < 1.29 is 13.2 Å². The van der Waals surface area contributed by atoms with Gasteiger partial charge in [0.25, 0.3) is 10.0 Å². The minimum atomic E-state index is -3.75. The normalized spacial score (nSPS) is 11.4. The molecule has 0 saturated carbocycles. The molecule has 2 rings (SSSR count). The van der Waals surface area contributed by atoms with Crippen LogP contribution < -0.4 is 9.46 Å². The number of aromatic amines is 1. The number of methoxy groups -OCH3 is 1. The first-order chi connectivity index (χ1) is 9.33. The van der Waals surface area contributed by atoms with Gasteiger partial charge in [-0.1, -0.05) is 11.6 Å². The number of H-pyrrole nitrogens is 1. The highest BCUT2D eigenvalue weighted by molar-refractivity contribution is 7.92. The molecule has 2 N–H and O–H groups in total. The Bertz CT molecular complexity index is 740. The van der Waals surface area contributed by atoms with Gasteiger partial charge in [-0.15, -0.1) is 0 Å². The van der Waals surface area contributed by atoms with Crippen LogP contribution in [0, 0.1) is 13.8 Å². The number of hydrogen-bond acceptors (Lipinski definition) is 4. The number of imidazole rings is 1. The molecule has 8 heteroatoms. The fourth-order valence-electron chi connectivity index (χ4n) is 1.65. The van der Waals surface area contributed by atoms with Crippen LogP contribution in [0.5, 0.6) is 5.75 Å². The molecule has 0 radical (unpaired) electrons. The molecule has 1 aromatic heterocycles. The summed E-state index contributed by atoms with van der Waals surface area (Å²) in [7, 11) is -2.30. The Labute approximate surface area is 122 Å². The van der Waals surface area contributed by atoms with E-state index in [2.05, 4.69) is 14.7 Å². The van der Waals surface area contributed by atoms with Crippen LogP contribution in [0.2, 0.25) is 5.02 Å². The molecule has 20 heavy (non-hydrogen) atoms. The fourth-order valence-corrected chi connectivity index (χ4v) is 2.83. The Kier molecular flexibility index (Phi) is 3.92. The van der Waals surface area contributed by atoms with Gasteiger partial charge in [-0.25, -0.2) is 4.98 Å². The number of halogens is 1. The molecule has 108 valence electrons. The average molecular weight is 316 g/mol. The minimum Gasteiger partial charge on any atom is -0.495 e. The first kappa shape index (κ1) is 14.7.